The zero-order valence-electron chi connectivity index (χ0n) is 15.7. The van der Waals surface area contributed by atoms with E-state index in [2.05, 4.69) is 5.32 Å². The molecule has 27 heavy (non-hydrogen) atoms. The molecule has 8 heteroatoms. The number of ether oxygens (including phenoxy) is 2. The van der Waals surface area contributed by atoms with Crippen molar-refractivity contribution in [1.82, 2.24) is 9.62 Å². The van der Waals surface area contributed by atoms with E-state index in [1.807, 2.05) is 0 Å². The summed E-state index contributed by atoms with van der Waals surface area (Å²) in [7, 11) is -3.52. The smallest absolute Gasteiger partial charge is 0.260 e. The predicted molar refractivity (Wildman–Crippen MR) is 101 cm³/mol. The molecule has 1 aliphatic carbocycles. The number of amides is 1. The molecule has 1 saturated carbocycles. The number of morpholine rings is 1. The van der Waals surface area contributed by atoms with E-state index in [1.165, 1.54) is 22.9 Å². The maximum atomic E-state index is 12.6. The Labute approximate surface area is 161 Å². The third-order valence-electron chi connectivity index (χ3n) is 5.07. The summed E-state index contributed by atoms with van der Waals surface area (Å²) in [6.45, 7) is 3.25. The number of hydrogen-bond donors (Lipinski definition) is 1. The minimum Gasteiger partial charge on any atom is -0.481 e. The van der Waals surface area contributed by atoms with Crippen LogP contribution in [0.2, 0.25) is 0 Å². The Morgan fingerprint density at radius 3 is 2.41 bits per heavy atom. The highest BCUT2D eigenvalue weighted by molar-refractivity contribution is 7.89. The summed E-state index contributed by atoms with van der Waals surface area (Å²) in [6, 6.07) is 6.46. The van der Waals surface area contributed by atoms with Crippen LogP contribution in [0.5, 0.6) is 5.75 Å². The molecule has 1 aliphatic heterocycles. The van der Waals surface area contributed by atoms with Gasteiger partial charge in [-0.05, 0) is 44.0 Å². The second-order valence-electron chi connectivity index (χ2n) is 7.09. The largest absolute Gasteiger partial charge is 0.481 e. The van der Waals surface area contributed by atoms with Gasteiger partial charge in [-0.15, -0.1) is 0 Å². The second kappa shape index (κ2) is 9.03. The lowest BCUT2D eigenvalue weighted by molar-refractivity contribution is -0.128. The molecule has 7 nitrogen and oxygen atoms in total. The number of rotatable bonds is 6. The Morgan fingerprint density at radius 2 is 1.78 bits per heavy atom. The average molecular weight is 397 g/mol. The van der Waals surface area contributed by atoms with E-state index in [0.29, 0.717) is 32.1 Å². The minimum atomic E-state index is -3.52. The van der Waals surface area contributed by atoms with Gasteiger partial charge in [-0.1, -0.05) is 19.3 Å². The van der Waals surface area contributed by atoms with Crippen LogP contribution in [0.3, 0.4) is 0 Å². The number of hydrogen-bond acceptors (Lipinski definition) is 5. The zero-order chi connectivity index (χ0) is 19.3. The molecule has 1 heterocycles. The first-order valence-electron chi connectivity index (χ1n) is 9.62. The molecule has 3 rings (SSSR count). The molecule has 150 valence electrons. The number of carbonyl (C=O) groups excluding carboxylic acids is 1. The fraction of sp³-hybridized carbons (Fsp3) is 0.632. The van der Waals surface area contributed by atoms with Crippen molar-refractivity contribution in [1.29, 1.82) is 0 Å². The van der Waals surface area contributed by atoms with Gasteiger partial charge in [-0.3, -0.25) is 4.79 Å². The first-order chi connectivity index (χ1) is 13.0. The van der Waals surface area contributed by atoms with E-state index < -0.39 is 16.1 Å². The van der Waals surface area contributed by atoms with Crippen molar-refractivity contribution in [3.8, 4) is 5.75 Å². The van der Waals surface area contributed by atoms with Gasteiger partial charge < -0.3 is 14.8 Å². The topological polar surface area (TPSA) is 84.9 Å². The van der Waals surface area contributed by atoms with Crippen molar-refractivity contribution >= 4 is 15.9 Å². The zero-order valence-corrected chi connectivity index (χ0v) is 16.5. The van der Waals surface area contributed by atoms with Crippen molar-refractivity contribution in [3.05, 3.63) is 24.3 Å². The first kappa shape index (κ1) is 20.1. The number of nitrogens with zero attached hydrogens (tertiary/aromatic N) is 1. The number of nitrogens with one attached hydrogen (secondary N) is 1. The summed E-state index contributed by atoms with van der Waals surface area (Å²) in [5, 5.41) is 3.04. The van der Waals surface area contributed by atoms with Gasteiger partial charge in [0.2, 0.25) is 10.0 Å². The van der Waals surface area contributed by atoms with E-state index in [9.17, 15) is 13.2 Å². The molecule has 1 saturated heterocycles. The van der Waals surface area contributed by atoms with Gasteiger partial charge in [0.25, 0.3) is 5.91 Å². The van der Waals surface area contributed by atoms with Gasteiger partial charge >= 0.3 is 0 Å². The standard InChI is InChI=1S/C19H28N2O5S/c1-15(19(22)20-16-5-3-2-4-6-16)26-17-7-9-18(10-8-17)27(23,24)21-11-13-25-14-12-21/h7-10,15-16H,2-6,11-14H2,1H3,(H,20,22)/t15-/m1/s1. The van der Waals surface area contributed by atoms with E-state index in [4.69, 9.17) is 9.47 Å². The van der Waals surface area contributed by atoms with Crippen molar-refractivity contribution in [2.24, 2.45) is 0 Å². The Bertz CT molecular complexity index is 723. The quantitative estimate of drug-likeness (QED) is 0.794. The van der Waals surface area contributed by atoms with Gasteiger partial charge in [0, 0.05) is 19.1 Å². The van der Waals surface area contributed by atoms with Crippen LogP contribution in [0.4, 0.5) is 0 Å². The molecular weight excluding hydrogens is 368 g/mol. The van der Waals surface area contributed by atoms with Gasteiger partial charge in [0.15, 0.2) is 6.10 Å². The molecule has 0 radical (unpaired) electrons. The summed E-state index contributed by atoms with van der Waals surface area (Å²) >= 11 is 0. The lowest BCUT2D eigenvalue weighted by Crippen LogP contribution is -2.43. The monoisotopic (exact) mass is 396 g/mol. The molecular formula is C19H28N2O5S. The van der Waals surface area contributed by atoms with Gasteiger partial charge in [0.1, 0.15) is 5.75 Å². The number of benzene rings is 1. The number of carbonyl (C=O) groups is 1. The van der Waals surface area contributed by atoms with E-state index >= 15 is 0 Å². The predicted octanol–water partition coefficient (Wildman–Crippen LogP) is 1.92. The van der Waals surface area contributed by atoms with Gasteiger partial charge in [-0.25, -0.2) is 8.42 Å². The van der Waals surface area contributed by atoms with E-state index in [1.54, 1.807) is 19.1 Å². The number of sulfonamides is 1. The van der Waals surface area contributed by atoms with Crippen molar-refractivity contribution in [3.63, 3.8) is 0 Å². The highest BCUT2D eigenvalue weighted by Crippen LogP contribution is 2.22. The summed E-state index contributed by atoms with van der Waals surface area (Å²) in [6.07, 6.45) is 4.95. The molecule has 0 aromatic heterocycles. The van der Waals surface area contributed by atoms with Crippen LogP contribution in [0.15, 0.2) is 29.2 Å². The summed E-state index contributed by atoms with van der Waals surface area (Å²) in [4.78, 5) is 12.5. The van der Waals surface area contributed by atoms with Crippen LogP contribution in [-0.2, 0) is 19.6 Å². The minimum absolute atomic E-state index is 0.132. The van der Waals surface area contributed by atoms with Crippen LogP contribution in [0.25, 0.3) is 0 Å². The Balaban J connectivity index is 1.57. The molecule has 1 aromatic rings. The van der Waals surface area contributed by atoms with Gasteiger partial charge in [-0.2, -0.15) is 4.31 Å². The SMILES string of the molecule is C[C@@H](Oc1ccc(S(=O)(=O)N2CCOCC2)cc1)C(=O)NC1CCCCC1. The fourth-order valence-corrected chi connectivity index (χ4v) is 4.86. The van der Waals surface area contributed by atoms with Crippen molar-refractivity contribution in [2.75, 3.05) is 26.3 Å². The molecule has 1 N–H and O–H groups in total. The molecule has 0 unspecified atom stereocenters. The van der Waals surface area contributed by atoms with Crippen molar-refractivity contribution < 1.29 is 22.7 Å². The van der Waals surface area contributed by atoms with Gasteiger partial charge in [0.05, 0.1) is 18.1 Å². The van der Waals surface area contributed by atoms with Crippen LogP contribution in [0.1, 0.15) is 39.0 Å². The summed E-state index contributed by atoms with van der Waals surface area (Å²) < 4.78 is 37.6. The third-order valence-corrected chi connectivity index (χ3v) is 6.98. The Kier molecular flexibility index (Phi) is 6.73. The van der Waals surface area contributed by atoms with Crippen LogP contribution in [-0.4, -0.2) is 57.1 Å². The molecule has 2 fully saturated rings. The first-order valence-corrected chi connectivity index (χ1v) is 11.1. The molecule has 1 aromatic carbocycles. The summed E-state index contributed by atoms with van der Waals surface area (Å²) in [5.41, 5.74) is 0. The van der Waals surface area contributed by atoms with E-state index in [-0.39, 0.29) is 16.8 Å². The van der Waals surface area contributed by atoms with Crippen molar-refractivity contribution in [2.45, 2.75) is 56.1 Å². The maximum Gasteiger partial charge on any atom is 0.260 e. The van der Waals surface area contributed by atoms with Crippen LogP contribution in [0, 0.1) is 0 Å². The van der Waals surface area contributed by atoms with Crippen LogP contribution >= 0.6 is 0 Å². The second-order valence-corrected chi connectivity index (χ2v) is 9.03. The maximum absolute atomic E-state index is 12.6. The van der Waals surface area contributed by atoms with Crippen LogP contribution < -0.4 is 10.1 Å². The Morgan fingerprint density at radius 1 is 1.15 bits per heavy atom. The molecule has 1 atom stereocenters. The molecule has 1 amide bonds. The van der Waals surface area contributed by atoms with E-state index in [0.717, 1.165) is 25.7 Å². The highest BCUT2D eigenvalue weighted by Gasteiger charge is 2.26. The molecule has 0 spiro atoms. The summed E-state index contributed by atoms with van der Waals surface area (Å²) in [5.74, 6) is 0.342. The normalized spacial score (nSPS) is 20.8. The average Bonchev–Trinajstić information content (AvgIpc) is 2.70. The molecule has 0 bridgehead atoms. The Hall–Kier alpha value is -1.64. The lowest BCUT2D eigenvalue weighted by atomic mass is 9.95. The fourth-order valence-electron chi connectivity index (χ4n) is 3.45. The lowest BCUT2D eigenvalue weighted by Gasteiger charge is -2.26. The highest BCUT2D eigenvalue weighted by atomic mass is 32.2. The third kappa shape index (κ3) is 5.21. The molecule has 2 aliphatic rings.